The molecule has 0 radical (unpaired) electrons. The third kappa shape index (κ3) is 3.00. The molecule has 3 nitrogen and oxygen atoms in total. The van der Waals surface area contributed by atoms with Gasteiger partial charge in [0.15, 0.2) is 11.5 Å². The van der Waals surface area contributed by atoms with Crippen LogP contribution in [0.2, 0.25) is 0 Å². The Morgan fingerprint density at radius 2 is 1.67 bits per heavy atom. The van der Waals surface area contributed by atoms with E-state index in [0.717, 1.165) is 28.2 Å². The number of ether oxygens (including phenoxy) is 2. The first-order valence-electron chi connectivity index (χ1n) is 7.03. The molecule has 1 heterocycles. The molecule has 0 atom stereocenters. The second kappa shape index (κ2) is 5.98. The lowest BCUT2D eigenvalue weighted by molar-refractivity contribution is 0.171. The number of fused-ring (bicyclic) bond motifs is 1. The van der Waals surface area contributed by atoms with Crippen LogP contribution in [0.1, 0.15) is 16.7 Å². The van der Waals surface area contributed by atoms with Crippen LogP contribution in [0.5, 0.6) is 11.5 Å². The van der Waals surface area contributed by atoms with Crippen molar-refractivity contribution in [1.29, 1.82) is 0 Å². The highest BCUT2D eigenvalue weighted by atomic mass is 79.9. The second-order valence-corrected chi connectivity index (χ2v) is 6.05. The second-order valence-electron chi connectivity index (χ2n) is 5.20. The molecule has 1 aliphatic heterocycles. The van der Waals surface area contributed by atoms with Crippen LogP contribution in [0.15, 0.2) is 34.8 Å². The maximum atomic E-state index is 5.63. The Hall–Kier alpha value is -1.68. The molecule has 0 unspecified atom stereocenters. The standard InChI is InChI=1S/C17H18BrNO2/c1-11-4-3-5-12(2)13(11)10-19-15-9-17-16(8-14(15)18)20-6-7-21-17/h3-5,8-9,19H,6-7,10H2,1-2H3. The van der Waals surface area contributed by atoms with Crippen molar-refractivity contribution in [3.05, 3.63) is 51.5 Å². The number of rotatable bonds is 3. The average molecular weight is 348 g/mol. The molecule has 2 aromatic rings. The van der Waals surface area contributed by atoms with E-state index in [0.29, 0.717) is 13.2 Å². The molecular formula is C17H18BrNO2. The molecule has 0 saturated carbocycles. The molecular weight excluding hydrogens is 330 g/mol. The van der Waals surface area contributed by atoms with Gasteiger partial charge in [0.2, 0.25) is 0 Å². The predicted octanol–water partition coefficient (Wildman–Crippen LogP) is 4.45. The Kier molecular flexibility index (Phi) is 4.06. The topological polar surface area (TPSA) is 30.5 Å². The fourth-order valence-electron chi connectivity index (χ4n) is 2.51. The molecule has 0 amide bonds. The van der Waals surface area contributed by atoms with E-state index in [2.05, 4.69) is 53.3 Å². The number of aryl methyl sites for hydroxylation is 2. The Morgan fingerprint density at radius 3 is 2.33 bits per heavy atom. The van der Waals surface area contributed by atoms with Gasteiger partial charge in [0, 0.05) is 23.2 Å². The third-order valence-electron chi connectivity index (χ3n) is 3.73. The van der Waals surface area contributed by atoms with Gasteiger partial charge in [-0.05, 0) is 46.5 Å². The minimum absolute atomic E-state index is 0.602. The van der Waals surface area contributed by atoms with Crippen molar-refractivity contribution in [3.8, 4) is 11.5 Å². The molecule has 0 spiro atoms. The highest BCUT2D eigenvalue weighted by Crippen LogP contribution is 2.38. The molecule has 0 bridgehead atoms. The zero-order valence-electron chi connectivity index (χ0n) is 12.2. The van der Waals surface area contributed by atoms with E-state index in [9.17, 15) is 0 Å². The summed E-state index contributed by atoms with van der Waals surface area (Å²) in [5, 5.41) is 3.48. The fourth-order valence-corrected chi connectivity index (χ4v) is 2.97. The minimum Gasteiger partial charge on any atom is -0.486 e. The normalized spacial score (nSPS) is 13.1. The van der Waals surface area contributed by atoms with E-state index in [1.54, 1.807) is 0 Å². The lowest BCUT2D eigenvalue weighted by atomic mass is 10.0. The molecule has 3 rings (SSSR count). The first kappa shape index (κ1) is 14.3. The molecule has 0 fully saturated rings. The van der Waals surface area contributed by atoms with Crippen molar-refractivity contribution in [3.63, 3.8) is 0 Å². The lowest BCUT2D eigenvalue weighted by Crippen LogP contribution is -2.15. The summed E-state index contributed by atoms with van der Waals surface area (Å²) < 4.78 is 12.2. The summed E-state index contributed by atoms with van der Waals surface area (Å²) in [6.07, 6.45) is 0. The summed E-state index contributed by atoms with van der Waals surface area (Å²) in [5.74, 6) is 1.60. The predicted molar refractivity (Wildman–Crippen MR) is 88.4 cm³/mol. The Bertz CT molecular complexity index is 650. The van der Waals surface area contributed by atoms with Crippen molar-refractivity contribution >= 4 is 21.6 Å². The van der Waals surface area contributed by atoms with E-state index < -0.39 is 0 Å². The first-order valence-corrected chi connectivity index (χ1v) is 7.82. The number of benzene rings is 2. The lowest BCUT2D eigenvalue weighted by Gasteiger charge is -2.20. The largest absolute Gasteiger partial charge is 0.486 e. The number of halogens is 1. The highest BCUT2D eigenvalue weighted by molar-refractivity contribution is 9.10. The quantitative estimate of drug-likeness (QED) is 0.889. The van der Waals surface area contributed by atoms with Crippen molar-refractivity contribution in [2.75, 3.05) is 18.5 Å². The van der Waals surface area contributed by atoms with Gasteiger partial charge < -0.3 is 14.8 Å². The van der Waals surface area contributed by atoms with Gasteiger partial charge in [0.05, 0.1) is 5.69 Å². The van der Waals surface area contributed by atoms with Crippen LogP contribution in [0.4, 0.5) is 5.69 Å². The summed E-state index contributed by atoms with van der Waals surface area (Å²) in [5.41, 5.74) is 4.95. The van der Waals surface area contributed by atoms with Crippen LogP contribution in [0.25, 0.3) is 0 Å². The molecule has 110 valence electrons. The SMILES string of the molecule is Cc1cccc(C)c1CNc1cc2c(cc1Br)OCCO2. The van der Waals surface area contributed by atoms with Gasteiger partial charge >= 0.3 is 0 Å². The van der Waals surface area contributed by atoms with E-state index >= 15 is 0 Å². The summed E-state index contributed by atoms with van der Waals surface area (Å²) in [6.45, 7) is 6.28. The molecule has 0 saturated heterocycles. The molecule has 1 aliphatic rings. The average Bonchev–Trinajstić information content (AvgIpc) is 2.47. The van der Waals surface area contributed by atoms with Gasteiger partial charge in [-0.2, -0.15) is 0 Å². The fraction of sp³-hybridized carbons (Fsp3) is 0.294. The van der Waals surface area contributed by atoms with Gasteiger partial charge in [0.25, 0.3) is 0 Å². The van der Waals surface area contributed by atoms with Crippen molar-refractivity contribution in [2.45, 2.75) is 20.4 Å². The van der Waals surface area contributed by atoms with Gasteiger partial charge in [-0.15, -0.1) is 0 Å². The van der Waals surface area contributed by atoms with Gasteiger partial charge in [-0.1, -0.05) is 18.2 Å². The van der Waals surface area contributed by atoms with Crippen molar-refractivity contribution in [2.24, 2.45) is 0 Å². The summed E-state index contributed by atoms with van der Waals surface area (Å²) in [6, 6.07) is 10.3. The first-order chi connectivity index (χ1) is 10.1. The van der Waals surface area contributed by atoms with E-state index in [1.165, 1.54) is 16.7 Å². The van der Waals surface area contributed by atoms with Crippen LogP contribution in [-0.4, -0.2) is 13.2 Å². The minimum atomic E-state index is 0.602. The maximum Gasteiger partial charge on any atom is 0.163 e. The molecule has 4 heteroatoms. The molecule has 2 aromatic carbocycles. The summed E-state index contributed by atoms with van der Waals surface area (Å²) in [4.78, 5) is 0. The highest BCUT2D eigenvalue weighted by Gasteiger charge is 2.15. The van der Waals surface area contributed by atoms with E-state index in [4.69, 9.17) is 9.47 Å². The maximum absolute atomic E-state index is 5.63. The van der Waals surface area contributed by atoms with Crippen LogP contribution >= 0.6 is 15.9 Å². The Labute approximate surface area is 133 Å². The van der Waals surface area contributed by atoms with Gasteiger partial charge in [-0.3, -0.25) is 0 Å². The number of nitrogens with one attached hydrogen (secondary N) is 1. The number of anilines is 1. The molecule has 0 aliphatic carbocycles. The zero-order valence-corrected chi connectivity index (χ0v) is 13.8. The van der Waals surface area contributed by atoms with Crippen LogP contribution in [0, 0.1) is 13.8 Å². The zero-order chi connectivity index (χ0) is 14.8. The molecule has 1 N–H and O–H groups in total. The number of hydrogen-bond acceptors (Lipinski definition) is 3. The van der Waals surface area contributed by atoms with Crippen LogP contribution in [-0.2, 0) is 6.54 Å². The smallest absolute Gasteiger partial charge is 0.163 e. The molecule has 0 aromatic heterocycles. The van der Waals surface area contributed by atoms with Crippen molar-refractivity contribution < 1.29 is 9.47 Å². The van der Waals surface area contributed by atoms with E-state index in [1.807, 2.05) is 12.1 Å². The van der Waals surface area contributed by atoms with E-state index in [-0.39, 0.29) is 0 Å². The summed E-state index contributed by atoms with van der Waals surface area (Å²) >= 11 is 3.59. The van der Waals surface area contributed by atoms with Gasteiger partial charge in [0.1, 0.15) is 13.2 Å². The number of hydrogen-bond donors (Lipinski definition) is 1. The third-order valence-corrected chi connectivity index (χ3v) is 4.39. The van der Waals surface area contributed by atoms with Crippen molar-refractivity contribution in [1.82, 2.24) is 0 Å². The molecule has 21 heavy (non-hydrogen) atoms. The Morgan fingerprint density at radius 1 is 1.05 bits per heavy atom. The Balaban J connectivity index is 1.82. The summed E-state index contributed by atoms with van der Waals surface area (Å²) in [7, 11) is 0. The van der Waals surface area contributed by atoms with Crippen LogP contribution in [0.3, 0.4) is 0 Å². The van der Waals surface area contributed by atoms with Gasteiger partial charge in [-0.25, -0.2) is 0 Å². The van der Waals surface area contributed by atoms with Crippen LogP contribution < -0.4 is 14.8 Å². The monoisotopic (exact) mass is 347 g/mol.